The van der Waals surface area contributed by atoms with E-state index in [1.165, 1.54) is 0 Å². The first kappa shape index (κ1) is 13.1. The van der Waals surface area contributed by atoms with E-state index in [9.17, 15) is 13.2 Å². The third-order valence-electron chi connectivity index (χ3n) is 4.20. The normalized spacial score (nSPS) is 28.6. The van der Waals surface area contributed by atoms with E-state index in [1.807, 2.05) is 4.57 Å². The summed E-state index contributed by atoms with van der Waals surface area (Å²) in [6.45, 7) is 0. The molecule has 0 unspecified atom stereocenters. The van der Waals surface area contributed by atoms with Crippen molar-refractivity contribution in [2.75, 3.05) is 0 Å². The summed E-state index contributed by atoms with van der Waals surface area (Å²) in [5.41, 5.74) is 0. The van der Waals surface area contributed by atoms with Gasteiger partial charge in [0.15, 0.2) is 4.77 Å². The fraction of sp³-hybridized carbons (Fsp3) is 0.833. The van der Waals surface area contributed by atoms with Gasteiger partial charge in [0.2, 0.25) is 0 Å². The highest BCUT2D eigenvalue weighted by Gasteiger charge is 2.42. The predicted octanol–water partition coefficient (Wildman–Crippen LogP) is 4.11. The molecule has 2 fully saturated rings. The summed E-state index contributed by atoms with van der Waals surface area (Å²) in [5, 5.41) is 7.04. The predicted molar refractivity (Wildman–Crippen MR) is 66.4 cm³/mol. The van der Waals surface area contributed by atoms with E-state index in [2.05, 4.69) is 10.2 Å². The molecule has 2 aliphatic carbocycles. The second-order valence-corrected chi connectivity index (χ2v) is 5.96. The summed E-state index contributed by atoms with van der Waals surface area (Å²) in [5.74, 6) is -0.152. The van der Waals surface area contributed by atoms with Crippen LogP contribution in [0.2, 0.25) is 0 Å². The van der Waals surface area contributed by atoms with Crippen LogP contribution < -0.4 is 0 Å². The minimum Gasteiger partial charge on any atom is -0.301 e. The SMILES string of the molecule is FC(F)(F)C1CCC(c2n[nH]c(=S)n2C2CC2)CC1. The number of hydrogen-bond donors (Lipinski definition) is 1. The minimum absolute atomic E-state index is 0.118. The van der Waals surface area contributed by atoms with Gasteiger partial charge in [0.1, 0.15) is 5.82 Å². The summed E-state index contributed by atoms with van der Waals surface area (Å²) < 4.78 is 40.6. The topological polar surface area (TPSA) is 33.6 Å². The number of nitrogens with zero attached hydrogens (tertiary/aromatic N) is 2. The number of alkyl halides is 3. The Labute approximate surface area is 114 Å². The Kier molecular flexibility index (Phi) is 3.19. The van der Waals surface area contributed by atoms with Crippen molar-refractivity contribution in [3.05, 3.63) is 10.6 Å². The van der Waals surface area contributed by atoms with E-state index in [0.717, 1.165) is 18.7 Å². The van der Waals surface area contributed by atoms with Gasteiger partial charge >= 0.3 is 6.18 Å². The molecule has 2 aliphatic rings. The van der Waals surface area contributed by atoms with Crippen molar-refractivity contribution in [3.8, 4) is 0 Å². The average molecular weight is 291 g/mol. The molecule has 1 aromatic heterocycles. The molecule has 0 amide bonds. The van der Waals surface area contributed by atoms with Crippen molar-refractivity contribution in [1.82, 2.24) is 14.8 Å². The van der Waals surface area contributed by atoms with Gasteiger partial charge in [-0.3, -0.25) is 5.10 Å². The molecular weight excluding hydrogens is 275 g/mol. The molecule has 0 spiro atoms. The lowest BCUT2D eigenvalue weighted by Gasteiger charge is -2.29. The first-order valence-corrected chi connectivity index (χ1v) is 7.11. The standard InChI is InChI=1S/C12H16F3N3S/c13-12(14,15)8-3-1-7(2-4-8)10-16-17-11(19)18(10)9-5-6-9/h7-9H,1-6H2,(H,17,19). The lowest BCUT2D eigenvalue weighted by Crippen LogP contribution is -2.28. The minimum atomic E-state index is -4.05. The van der Waals surface area contributed by atoms with E-state index < -0.39 is 12.1 Å². The Bertz CT molecular complexity index is 507. The van der Waals surface area contributed by atoms with Crippen molar-refractivity contribution in [2.45, 2.75) is 56.7 Å². The van der Waals surface area contributed by atoms with E-state index in [0.29, 0.717) is 23.7 Å². The highest BCUT2D eigenvalue weighted by molar-refractivity contribution is 7.71. The molecule has 1 heterocycles. The van der Waals surface area contributed by atoms with E-state index in [4.69, 9.17) is 12.2 Å². The summed E-state index contributed by atoms with van der Waals surface area (Å²) in [7, 11) is 0. The van der Waals surface area contributed by atoms with Crippen LogP contribution >= 0.6 is 12.2 Å². The van der Waals surface area contributed by atoms with Gasteiger partial charge in [-0.15, -0.1) is 0 Å². The molecule has 0 bridgehead atoms. The number of aromatic amines is 1. The molecule has 7 heteroatoms. The Hall–Kier alpha value is -0.850. The summed E-state index contributed by atoms with van der Waals surface area (Å²) in [4.78, 5) is 0. The molecule has 3 rings (SSSR count). The van der Waals surface area contributed by atoms with Crippen LogP contribution in [0.5, 0.6) is 0 Å². The van der Waals surface area contributed by atoms with E-state index in [-0.39, 0.29) is 18.8 Å². The quantitative estimate of drug-likeness (QED) is 0.832. The fourth-order valence-corrected chi connectivity index (χ4v) is 3.26. The second kappa shape index (κ2) is 4.61. The van der Waals surface area contributed by atoms with Gasteiger partial charge < -0.3 is 4.57 Å². The Morgan fingerprint density at radius 3 is 2.26 bits per heavy atom. The van der Waals surface area contributed by atoms with Crippen LogP contribution in [0.4, 0.5) is 13.2 Å². The van der Waals surface area contributed by atoms with Crippen molar-refractivity contribution in [3.63, 3.8) is 0 Å². The summed E-state index contributed by atoms with van der Waals surface area (Å²) >= 11 is 5.21. The smallest absolute Gasteiger partial charge is 0.301 e. The molecular formula is C12H16F3N3S. The van der Waals surface area contributed by atoms with Crippen molar-refractivity contribution < 1.29 is 13.2 Å². The highest BCUT2D eigenvalue weighted by atomic mass is 32.1. The van der Waals surface area contributed by atoms with Crippen LogP contribution in [0, 0.1) is 10.7 Å². The molecule has 1 N–H and O–H groups in total. The zero-order valence-electron chi connectivity index (χ0n) is 10.4. The van der Waals surface area contributed by atoms with Crippen molar-refractivity contribution >= 4 is 12.2 Å². The first-order valence-electron chi connectivity index (χ1n) is 6.70. The number of rotatable bonds is 2. The van der Waals surface area contributed by atoms with Crippen LogP contribution in [0.3, 0.4) is 0 Å². The van der Waals surface area contributed by atoms with Gasteiger partial charge in [0.05, 0.1) is 5.92 Å². The van der Waals surface area contributed by atoms with Gasteiger partial charge in [-0.25, -0.2) is 0 Å². The van der Waals surface area contributed by atoms with Crippen LogP contribution in [0.15, 0.2) is 0 Å². The molecule has 0 saturated heterocycles. The number of nitrogens with one attached hydrogen (secondary N) is 1. The van der Waals surface area contributed by atoms with Crippen molar-refractivity contribution in [1.29, 1.82) is 0 Å². The molecule has 0 aromatic carbocycles. The average Bonchev–Trinajstić information content (AvgIpc) is 3.12. The van der Waals surface area contributed by atoms with Gasteiger partial charge in [-0.2, -0.15) is 18.3 Å². The van der Waals surface area contributed by atoms with Crippen LogP contribution in [0.1, 0.15) is 56.3 Å². The third-order valence-corrected chi connectivity index (χ3v) is 4.49. The van der Waals surface area contributed by atoms with Gasteiger partial charge in [0, 0.05) is 12.0 Å². The lowest BCUT2D eigenvalue weighted by molar-refractivity contribution is -0.182. The molecule has 0 atom stereocenters. The first-order chi connectivity index (χ1) is 8.97. The van der Waals surface area contributed by atoms with E-state index >= 15 is 0 Å². The lowest BCUT2D eigenvalue weighted by atomic mass is 9.81. The molecule has 0 aliphatic heterocycles. The summed E-state index contributed by atoms with van der Waals surface area (Å²) in [6.07, 6.45) is -0.340. The van der Waals surface area contributed by atoms with Gasteiger partial charge in [-0.1, -0.05) is 0 Å². The third kappa shape index (κ3) is 2.57. The maximum atomic E-state index is 12.6. The zero-order chi connectivity index (χ0) is 13.6. The molecule has 1 aromatic rings. The summed E-state index contributed by atoms with van der Waals surface area (Å²) in [6, 6.07) is 0.418. The monoisotopic (exact) mass is 291 g/mol. The molecule has 3 nitrogen and oxygen atoms in total. The van der Waals surface area contributed by atoms with E-state index in [1.54, 1.807) is 0 Å². The molecule has 106 valence electrons. The largest absolute Gasteiger partial charge is 0.391 e. The van der Waals surface area contributed by atoms with Gasteiger partial charge in [-0.05, 0) is 50.7 Å². The highest BCUT2D eigenvalue weighted by Crippen LogP contribution is 2.44. The van der Waals surface area contributed by atoms with Crippen LogP contribution in [-0.4, -0.2) is 20.9 Å². The Morgan fingerprint density at radius 1 is 1.11 bits per heavy atom. The number of hydrogen-bond acceptors (Lipinski definition) is 2. The number of H-pyrrole nitrogens is 1. The maximum absolute atomic E-state index is 12.6. The van der Waals surface area contributed by atoms with Crippen LogP contribution in [0.25, 0.3) is 0 Å². The second-order valence-electron chi connectivity index (χ2n) is 5.58. The maximum Gasteiger partial charge on any atom is 0.391 e. The molecule has 19 heavy (non-hydrogen) atoms. The number of halogens is 3. The molecule has 2 saturated carbocycles. The fourth-order valence-electron chi connectivity index (χ4n) is 2.97. The van der Waals surface area contributed by atoms with Gasteiger partial charge in [0.25, 0.3) is 0 Å². The van der Waals surface area contributed by atoms with Crippen LogP contribution in [-0.2, 0) is 0 Å². The Morgan fingerprint density at radius 2 is 1.74 bits per heavy atom. The van der Waals surface area contributed by atoms with Crippen molar-refractivity contribution in [2.24, 2.45) is 5.92 Å². The zero-order valence-corrected chi connectivity index (χ0v) is 11.2. The molecule has 0 radical (unpaired) electrons. The number of aromatic nitrogens is 3. The Balaban J connectivity index is 1.74.